The number of carbonyl (C=O) groups excluding carboxylic acids is 2. The lowest BCUT2D eigenvalue weighted by Gasteiger charge is -2.23. The fourth-order valence-corrected chi connectivity index (χ4v) is 3.13. The number of hydrogen-bond donors (Lipinski definition) is 2. The van der Waals surface area contributed by atoms with Crippen molar-refractivity contribution in [3.05, 3.63) is 53.9 Å². The Morgan fingerprint density at radius 2 is 1.77 bits per heavy atom. The molecule has 2 N–H and O–H groups in total. The van der Waals surface area contributed by atoms with E-state index in [2.05, 4.69) is 20.4 Å². The van der Waals surface area contributed by atoms with E-state index in [0.29, 0.717) is 23.0 Å². The van der Waals surface area contributed by atoms with Gasteiger partial charge in [-0.1, -0.05) is 19.3 Å². The molecule has 6 nitrogen and oxygen atoms in total. The minimum absolute atomic E-state index is 0.289. The molecule has 3 rings (SSSR count). The van der Waals surface area contributed by atoms with E-state index in [4.69, 9.17) is 0 Å². The lowest BCUT2D eigenvalue weighted by Crippen LogP contribution is -2.22. The topological polar surface area (TPSA) is 80.3 Å². The van der Waals surface area contributed by atoms with Crippen molar-refractivity contribution in [1.29, 1.82) is 0 Å². The Hall–Kier alpha value is -2.89. The first-order valence-electron chi connectivity index (χ1n) is 8.88. The third kappa shape index (κ3) is 4.59. The van der Waals surface area contributed by atoms with E-state index >= 15 is 0 Å². The summed E-state index contributed by atoms with van der Waals surface area (Å²) in [5, 5.41) is 6.29. The fourth-order valence-electron chi connectivity index (χ4n) is 3.13. The van der Waals surface area contributed by atoms with Gasteiger partial charge in [-0.25, -0.2) is 4.79 Å². The molecule has 0 spiro atoms. The van der Waals surface area contributed by atoms with E-state index in [1.165, 1.54) is 26.4 Å². The van der Waals surface area contributed by atoms with Crippen molar-refractivity contribution in [3.8, 4) is 0 Å². The van der Waals surface area contributed by atoms with Crippen LogP contribution in [0, 0.1) is 0 Å². The maximum absolute atomic E-state index is 12.4. The van der Waals surface area contributed by atoms with Crippen LogP contribution in [0.15, 0.2) is 42.6 Å². The molecule has 0 radical (unpaired) electrons. The molecule has 2 aromatic rings. The van der Waals surface area contributed by atoms with Gasteiger partial charge in [-0.15, -0.1) is 0 Å². The summed E-state index contributed by atoms with van der Waals surface area (Å²) < 4.78 is 4.66. The summed E-state index contributed by atoms with van der Waals surface area (Å²) in [6.45, 7) is 0. The van der Waals surface area contributed by atoms with Gasteiger partial charge in [0.25, 0.3) is 5.91 Å². The molecule has 0 aliphatic heterocycles. The van der Waals surface area contributed by atoms with Crippen LogP contribution in [-0.4, -0.2) is 30.0 Å². The van der Waals surface area contributed by atoms with E-state index in [0.717, 1.165) is 18.5 Å². The van der Waals surface area contributed by atoms with Gasteiger partial charge in [0.2, 0.25) is 0 Å². The van der Waals surface area contributed by atoms with Gasteiger partial charge >= 0.3 is 5.97 Å². The summed E-state index contributed by atoms with van der Waals surface area (Å²) in [5.41, 5.74) is 2.29. The lowest BCUT2D eigenvalue weighted by atomic mass is 9.95. The van der Waals surface area contributed by atoms with Crippen molar-refractivity contribution in [2.24, 2.45) is 0 Å². The van der Waals surface area contributed by atoms with Crippen molar-refractivity contribution in [2.45, 2.75) is 38.1 Å². The van der Waals surface area contributed by atoms with Crippen LogP contribution in [0.3, 0.4) is 0 Å². The molecule has 6 heteroatoms. The van der Waals surface area contributed by atoms with Crippen LogP contribution in [0.5, 0.6) is 0 Å². The van der Waals surface area contributed by atoms with E-state index in [9.17, 15) is 9.59 Å². The van der Waals surface area contributed by atoms with Crippen molar-refractivity contribution in [2.75, 3.05) is 17.7 Å². The number of anilines is 2. The van der Waals surface area contributed by atoms with Crippen LogP contribution < -0.4 is 10.6 Å². The highest BCUT2D eigenvalue weighted by atomic mass is 16.5. The zero-order valence-corrected chi connectivity index (χ0v) is 14.8. The van der Waals surface area contributed by atoms with Gasteiger partial charge < -0.3 is 15.4 Å². The number of ether oxygens (including phenoxy) is 1. The predicted molar refractivity (Wildman–Crippen MR) is 100 cm³/mol. The van der Waals surface area contributed by atoms with Crippen molar-refractivity contribution < 1.29 is 14.3 Å². The van der Waals surface area contributed by atoms with Gasteiger partial charge in [0.15, 0.2) is 0 Å². The average molecular weight is 353 g/mol. The molecule has 26 heavy (non-hydrogen) atoms. The summed E-state index contributed by atoms with van der Waals surface area (Å²) in [7, 11) is 1.33. The molecule has 0 saturated heterocycles. The lowest BCUT2D eigenvalue weighted by molar-refractivity contribution is 0.0600. The van der Waals surface area contributed by atoms with Gasteiger partial charge in [-0.05, 0) is 49.2 Å². The molecule has 0 atom stereocenters. The average Bonchev–Trinajstić information content (AvgIpc) is 2.69. The molecule has 1 aromatic carbocycles. The fraction of sp³-hybridized carbons (Fsp3) is 0.350. The minimum atomic E-state index is -0.411. The van der Waals surface area contributed by atoms with E-state index in [1.807, 2.05) is 6.07 Å². The molecule has 1 heterocycles. The predicted octanol–water partition coefficient (Wildman–Crippen LogP) is 3.87. The van der Waals surface area contributed by atoms with Crippen LogP contribution in [0.1, 0.15) is 53.0 Å². The number of aromatic nitrogens is 1. The zero-order valence-electron chi connectivity index (χ0n) is 14.8. The normalized spacial score (nSPS) is 14.5. The number of pyridine rings is 1. The summed E-state index contributed by atoms with van der Waals surface area (Å²) in [4.78, 5) is 28.0. The highest BCUT2D eigenvalue weighted by Gasteiger charge is 2.14. The number of hydrogen-bond acceptors (Lipinski definition) is 5. The number of benzene rings is 1. The van der Waals surface area contributed by atoms with Crippen molar-refractivity contribution >= 4 is 23.3 Å². The SMILES string of the molecule is COC(=O)c1ccc(NC(=O)c2cc(NC3CCCCC3)ccn2)cc1. The highest BCUT2D eigenvalue weighted by molar-refractivity contribution is 6.03. The van der Waals surface area contributed by atoms with Crippen molar-refractivity contribution in [1.82, 2.24) is 4.98 Å². The molecule has 1 amide bonds. The molecule has 1 aliphatic carbocycles. The maximum Gasteiger partial charge on any atom is 0.337 e. The molecular weight excluding hydrogens is 330 g/mol. The standard InChI is InChI=1S/C20H23N3O3/c1-26-20(25)14-7-9-16(10-8-14)23-19(24)18-13-17(11-12-21-18)22-15-5-3-2-4-6-15/h7-13,15H,2-6H2,1H3,(H,21,22)(H,23,24). The smallest absolute Gasteiger partial charge is 0.337 e. The second-order valence-corrected chi connectivity index (χ2v) is 6.43. The first kappa shape index (κ1) is 17.9. The molecule has 1 aliphatic rings. The molecule has 1 saturated carbocycles. The molecule has 136 valence electrons. The Labute approximate surface area is 153 Å². The van der Waals surface area contributed by atoms with Crippen LogP contribution in [-0.2, 0) is 4.74 Å². The number of methoxy groups -OCH3 is 1. The van der Waals surface area contributed by atoms with Crippen LogP contribution in [0.2, 0.25) is 0 Å². The van der Waals surface area contributed by atoms with Gasteiger partial charge in [0.1, 0.15) is 5.69 Å². The minimum Gasteiger partial charge on any atom is -0.465 e. The highest BCUT2D eigenvalue weighted by Crippen LogP contribution is 2.22. The second-order valence-electron chi connectivity index (χ2n) is 6.43. The van der Waals surface area contributed by atoms with Gasteiger partial charge in [0.05, 0.1) is 12.7 Å². The van der Waals surface area contributed by atoms with Crippen LogP contribution in [0.25, 0.3) is 0 Å². The number of nitrogens with zero attached hydrogens (tertiary/aromatic N) is 1. The number of esters is 1. The van der Waals surface area contributed by atoms with Gasteiger partial charge in [-0.3, -0.25) is 9.78 Å². The van der Waals surface area contributed by atoms with Gasteiger partial charge in [-0.2, -0.15) is 0 Å². The van der Waals surface area contributed by atoms with Crippen molar-refractivity contribution in [3.63, 3.8) is 0 Å². The molecular formula is C20H23N3O3. The number of rotatable bonds is 5. The largest absolute Gasteiger partial charge is 0.465 e. The Morgan fingerprint density at radius 1 is 1.04 bits per heavy atom. The Balaban J connectivity index is 1.64. The summed E-state index contributed by atoms with van der Waals surface area (Å²) in [5.74, 6) is -0.700. The summed E-state index contributed by atoms with van der Waals surface area (Å²) in [6, 6.07) is 10.7. The van der Waals surface area contributed by atoms with Gasteiger partial charge in [0, 0.05) is 23.6 Å². The molecule has 1 fully saturated rings. The number of amides is 1. The molecule has 0 bridgehead atoms. The van der Waals surface area contributed by atoms with E-state index in [-0.39, 0.29) is 5.91 Å². The van der Waals surface area contributed by atoms with Crippen LogP contribution in [0.4, 0.5) is 11.4 Å². The Bertz CT molecular complexity index is 768. The third-order valence-corrected chi connectivity index (χ3v) is 4.53. The summed E-state index contributed by atoms with van der Waals surface area (Å²) in [6.07, 6.45) is 7.76. The third-order valence-electron chi connectivity index (χ3n) is 4.53. The van der Waals surface area contributed by atoms with E-state index in [1.54, 1.807) is 36.5 Å². The Kier molecular flexibility index (Phi) is 5.84. The molecule has 0 unspecified atom stereocenters. The zero-order chi connectivity index (χ0) is 18.4. The maximum atomic E-state index is 12.4. The Morgan fingerprint density at radius 3 is 2.46 bits per heavy atom. The van der Waals surface area contributed by atoms with E-state index < -0.39 is 5.97 Å². The first-order valence-corrected chi connectivity index (χ1v) is 8.88. The summed E-state index contributed by atoms with van der Waals surface area (Å²) >= 11 is 0. The number of nitrogens with one attached hydrogen (secondary N) is 2. The number of carbonyl (C=O) groups is 2. The quantitative estimate of drug-likeness (QED) is 0.798. The first-order chi connectivity index (χ1) is 12.7. The molecule has 1 aromatic heterocycles. The second kappa shape index (κ2) is 8.47. The monoisotopic (exact) mass is 353 g/mol. The van der Waals surface area contributed by atoms with Crippen LogP contribution >= 0.6 is 0 Å².